The standard InChI is InChI=1S/C13H20FN/c1-10-5-6-11(9-12(10)14)7-8-15-13(2,3)4/h5-6,9,15H,7-8H2,1-4H3. The first-order valence-electron chi connectivity index (χ1n) is 5.38. The number of rotatable bonds is 3. The molecular weight excluding hydrogens is 189 g/mol. The van der Waals surface area contributed by atoms with Crippen LogP contribution in [0.3, 0.4) is 0 Å². The molecule has 15 heavy (non-hydrogen) atoms. The highest BCUT2D eigenvalue weighted by molar-refractivity contribution is 5.23. The van der Waals surface area contributed by atoms with E-state index in [9.17, 15) is 4.39 Å². The lowest BCUT2D eigenvalue weighted by atomic mass is 10.1. The molecule has 1 nitrogen and oxygen atoms in total. The quantitative estimate of drug-likeness (QED) is 0.806. The van der Waals surface area contributed by atoms with E-state index in [-0.39, 0.29) is 11.4 Å². The molecule has 0 spiro atoms. The van der Waals surface area contributed by atoms with Gasteiger partial charge in [0.25, 0.3) is 0 Å². The Morgan fingerprint density at radius 3 is 2.47 bits per heavy atom. The second-order valence-electron chi connectivity index (χ2n) is 5.01. The summed E-state index contributed by atoms with van der Waals surface area (Å²) in [5.74, 6) is -0.108. The Hall–Kier alpha value is -0.890. The van der Waals surface area contributed by atoms with E-state index < -0.39 is 0 Å². The molecule has 0 aromatic heterocycles. The van der Waals surface area contributed by atoms with Crippen LogP contribution < -0.4 is 5.32 Å². The lowest BCUT2D eigenvalue weighted by molar-refractivity contribution is 0.429. The van der Waals surface area contributed by atoms with Crippen molar-refractivity contribution in [2.45, 2.75) is 39.7 Å². The van der Waals surface area contributed by atoms with E-state index in [1.807, 2.05) is 12.1 Å². The average Bonchev–Trinajstić information content (AvgIpc) is 2.09. The van der Waals surface area contributed by atoms with Crippen LogP contribution in [0.5, 0.6) is 0 Å². The van der Waals surface area contributed by atoms with Gasteiger partial charge in [0.2, 0.25) is 0 Å². The van der Waals surface area contributed by atoms with Gasteiger partial charge in [-0.15, -0.1) is 0 Å². The summed E-state index contributed by atoms with van der Waals surface area (Å²) in [5.41, 5.74) is 1.89. The van der Waals surface area contributed by atoms with Crippen LogP contribution in [0.15, 0.2) is 18.2 Å². The fourth-order valence-electron chi connectivity index (χ4n) is 1.37. The van der Waals surface area contributed by atoms with Gasteiger partial charge < -0.3 is 5.32 Å². The topological polar surface area (TPSA) is 12.0 Å². The fourth-order valence-corrected chi connectivity index (χ4v) is 1.37. The van der Waals surface area contributed by atoms with Crippen LogP contribution in [0.4, 0.5) is 4.39 Å². The van der Waals surface area contributed by atoms with E-state index in [1.54, 1.807) is 13.0 Å². The van der Waals surface area contributed by atoms with E-state index in [4.69, 9.17) is 0 Å². The summed E-state index contributed by atoms with van der Waals surface area (Å²) in [6.07, 6.45) is 0.870. The molecule has 0 aliphatic heterocycles. The van der Waals surface area contributed by atoms with Crippen molar-refractivity contribution in [1.29, 1.82) is 0 Å². The van der Waals surface area contributed by atoms with Gasteiger partial charge in [-0.1, -0.05) is 12.1 Å². The largest absolute Gasteiger partial charge is 0.312 e. The van der Waals surface area contributed by atoms with E-state index in [0.717, 1.165) is 18.5 Å². The molecule has 1 aromatic rings. The number of benzene rings is 1. The van der Waals surface area contributed by atoms with Gasteiger partial charge in [-0.25, -0.2) is 4.39 Å². The summed E-state index contributed by atoms with van der Waals surface area (Å²) < 4.78 is 13.2. The molecule has 0 unspecified atom stereocenters. The summed E-state index contributed by atoms with van der Waals surface area (Å²) >= 11 is 0. The molecule has 0 bridgehead atoms. The molecule has 1 rings (SSSR count). The normalized spacial score (nSPS) is 11.8. The molecule has 0 radical (unpaired) electrons. The predicted octanol–water partition coefficient (Wildman–Crippen LogP) is 3.06. The molecule has 0 fully saturated rings. The Balaban J connectivity index is 2.48. The number of aryl methyl sites for hydroxylation is 1. The lowest BCUT2D eigenvalue weighted by Crippen LogP contribution is -2.37. The van der Waals surface area contributed by atoms with E-state index in [2.05, 4.69) is 26.1 Å². The molecule has 0 amide bonds. The molecular formula is C13H20FN. The van der Waals surface area contributed by atoms with Crippen LogP contribution in [0.25, 0.3) is 0 Å². The number of halogens is 1. The first-order valence-corrected chi connectivity index (χ1v) is 5.38. The monoisotopic (exact) mass is 209 g/mol. The first-order chi connectivity index (χ1) is 6.88. The summed E-state index contributed by atoms with van der Waals surface area (Å²) in [5, 5.41) is 3.38. The second-order valence-corrected chi connectivity index (χ2v) is 5.01. The molecule has 0 aliphatic rings. The maximum Gasteiger partial charge on any atom is 0.126 e. The zero-order valence-corrected chi connectivity index (χ0v) is 10.0. The van der Waals surface area contributed by atoms with Gasteiger partial charge in [-0.2, -0.15) is 0 Å². The van der Waals surface area contributed by atoms with Gasteiger partial charge in [-0.3, -0.25) is 0 Å². The first kappa shape index (κ1) is 12.2. The SMILES string of the molecule is Cc1ccc(CCNC(C)(C)C)cc1F. The van der Waals surface area contributed by atoms with Gasteiger partial charge in [0.05, 0.1) is 0 Å². The molecule has 0 saturated heterocycles. The Kier molecular flexibility index (Phi) is 3.86. The summed E-state index contributed by atoms with van der Waals surface area (Å²) in [6.45, 7) is 9.05. The van der Waals surface area contributed by atoms with E-state index in [0.29, 0.717) is 5.56 Å². The summed E-state index contributed by atoms with van der Waals surface area (Å²) in [4.78, 5) is 0. The van der Waals surface area contributed by atoms with Gasteiger partial charge in [0.15, 0.2) is 0 Å². The smallest absolute Gasteiger partial charge is 0.126 e. The highest BCUT2D eigenvalue weighted by Gasteiger charge is 2.07. The van der Waals surface area contributed by atoms with Gasteiger partial charge in [0.1, 0.15) is 5.82 Å². The number of nitrogens with one attached hydrogen (secondary N) is 1. The molecule has 0 heterocycles. The summed E-state index contributed by atoms with van der Waals surface area (Å²) in [7, 11) is 0. The van der Waals surface area contributed by atoms with Crippen molar-refractivity contribution in [3.8, 4) is 0 Å². The van der Waals surface area contributed by atoms with Crippen molar-refractivity contribution in [2.75, 3.05) is 6.54 Å². The van der Waals surface area contributed by atoms with Crippen LogP contribution in [0.1, 0.15) is 31.9 Å². The molecule has 1 N–H and O–H groups in total. The van der Waals surface area contributed by atoms with Crippen LogP contribution in [-0.2, 0) is 6.42 Å². The fraction of sp³-hybridized carbons (Fsp3) is 0.538. The van der Waals surface area contributed by atoms with E-state index in [1.165, 1.54) is 0 Å². The van der Waals surface area contributed by atoms with Crippen molar-refractivity contribution in [3.63, 3.8) is 0 Å². The van der Waals surface area contributed by atoms with Crippen LogP contribution >= 0.6 is 0 Å². The van der Waals surface area contributed by atoms with Gasteiger partial charge in [0, 0.05) is 5.54 Å². The third kappa shape index (κ3) is 4.43. The van der Waals surface area contributed by atoms with E-state index >= 15 is 0 Å². The van der Waals surface area contributed by atoms with Crippen molar-refractivity contribution in [2.24, 2.45) is 0 Å². The van der Waals surface area contributed by atoms with Crippen molar-refractivity contribution < 1.29 is 4.39 Å². The maximum atomic E-state index is 13.2. The van der Waals surface area contributed by atoms with Gasteiger partial charge >= 0.3 is 0 Å². The molecule has 0 saturated carbocycles. The lowest BCUT2D eigenvalue weighted by Gasteiger charge is -2.20. The van der Waals surface area contributed by atoms with Crippen LogP contribution in [0.2, 0.25) is 0 Å². The number of hydrogen-bond donors (Lipinski definition) is 1. The molecule has 84 valence electrons. The zero-order valence-electron chi connectivity index (χ0n) is 10.0. The third-order valence-electron chi connectivity index (χ3n) is 2.31. The van der Waals surface area contributed by atoms with Crippen LogP contribution in [0, 0.1) is 12.7 Å². The Labute approximate surface area is 91.7 Å². The zero-order chi connectivity index (χ0) is 11.5. The molecule has 2 heteroatoms. The summed E-state index contributed by atoms with van der Waals surface area (Å²) in [6, 6.07) is 5.45. The van der Waals surface area contributed by atoms with Crippen molar-refractivity contribution in [1.82, 2.24) is 5.32 Å². The highest BCUT2D eigenvalue weighted by atomic mass is 19.1. The van der Waals surface area contributed by atoms with Crippen molar-refractivity contribution >= 4 is 0 Å². The third-order valence-corrected chi connectivity index (χ3v) is 2.31. The Morgan fingerprint density at radius 2 is 1.93 bits per heavy atom. The second kappa shape index (κ2) is 4.75. The minimum atomic E-state index is -0.108. The minimum Gasteiger partial charge on any atom is -0.312 e. The number of hydrogen-bond acceptors (Lipinski definition) is 1. The Bertz CT molecular complexity index is 326. The van der Waals surface area contributed by atoms with Gasteiger partial charge in [-0.05, 0) is 57.9 Å². The molecule has 0 aliphatic carbocycles. The van der Waals surface area contributed by atoms with Crippen LogP contribution in [-0.4, -0.2) is 12.1 Å². The molecule has 1 aromatic carbocycles. The van der Waals surface area contributed by atoms with Crippen molar-refractivity contribution in [3.05, 3.63) is 35.1 Å². The molecule has 0 atom stereocenters. The average molecular weight is 209 g/mol. The Morgan fingerprint density at radius 1 is 1.27 bits per heavy atom. The maximum absolute atomic E-state index is 13.2. The predicted molar refractivity (Wildman–Crippen MR) is 62.6 cm³/mol. The minimum absolute atomic E-state index is 0.108. The highest BCUT2D eigenvalue weighted by Crippen LogP contribution is 2.09.